The second kappa shape index (κ2) is 8.46. The maximum absolute atomic E-state index is 12.5. The van der Waals surface area contributed by atoms with E-state index in [0.717, 1.165) is 43.2 Å². The number of amides is 1. The third-order valence-corrected chi connectivity index (χ3v) is 6.51. The van der Waals surface area contributed by atoms with Crippen LogP contribution in [0.3, 0.4) is 0 Å². The maximum atomic E-state index is 12.5. The number of nitrogens with zero attached hydrogens (tertiary/aromatic N) is 1. The summed E-state index contributed by atoms with van der Waals surface area (Å²) in [7, 11) is 0. The van der Waals surface area contributed by atoms with Crippen molar-refractivity contribution >= 4 is 44.7 Å². The first kappa shape index (κ1) is 20.4. The second-order valence-electron chi connectivity index (χ2n) is 7.22. The molecule has 0 aliphatic heterocycles. The van der Waals surface area contributed by atoms with Crippen LogP contribution in [0.25, 0.3) is 20.8 Å². The van der Waals surface area contributed by atoms with E-state index < -0.39 is 0 Å². The summed E-state index contributed by atoms with van der Waals surface area (Å²) >= 11 is 7.82. The number of ether oxygens (including phenoxy) is 1. The van der Waals surface area contributed by atoms with Crippen molar-refractivity contribution in [1.82, 2.24) is 4.98 Å². The zero-order valence-corrected chi connectivity index (χ0v) is 18.5. The Hall–Kier alpha value is -2.89. The first-order chi connectivity index (χ1) is 14.4. The van der Waals surface area contributed by atoms with E-state index >= 15 is 0 Å². The highest BCUT2D eigenvalue weighted by atomic mass is 35.5. The lowest BCUT2D eigenvalue weighted by Crippen LogP contribution is -2.20. The number of nitrogens with one attached hydrogen (secondary N) is 1. The summed E-state index contributed by atoms with van der Waals surface area (Å²) < 4.78 is 6.81. The van der Waals surface area contributed by atoms with Crippen molar-refractivity contribution in [1.29, 1.82) is 0 Å². The van der Waals surface area contributed by atoms with Gasteiger partial charge in [0, 0.05) is 16.3 Å². The molecule has 1 amide bonds. The van der Waals surface area contributed by atoms with Gasteiger partial charge in [-0.15, -0.1) is 11.3 Å². The highest BCUT2D eigenvalue weighted by Gasteiger charge is 2.11. The number of carbonyl (C=O) groups is 1. The number of anilines is 1. The summed E-state index contributed by atoms with van der Waals surface area (Å²) in [6, 6.07) is 17.7. The third-order valence-electron chi connectivity index (χ3n) is 4.83. The molecule has 0 saturated heterocycles. The number of fused-ring (bicyclic) bond motifs is 1. The average molecular weight is 437 g/mol. The largest absolute Gasteiger partial charge is 0.484 e. The molecule has 0 unspecified atom stereocenters. The highest BCUT2D eigenvalue weighted by Crippen LogP contribution is 2.32. The van der Waals surface area contributed by atoms with E-state index in [-0.39, 0.29) is 12.5 Å². The van der Waals surface area contributed by atoms with Gasteiger partial charge in [-0.2, -0.15) is 0 Å². The van der Waals surface area contributed by atoms with E-state index in [1.54, 1.807) is 11.3 Å². The van der Waals surface area contributed by atoms with E-state index in [9.17, 15) is 4.79 Å². The SMILES string of the molecule is Cc1ccc(-c2nc3ccccc3s2)cc1NC(=O)COc1cc(C)c(Cl)c(C)c1. The van der Waals surface area contributed by atoms with E-state index in [0.29, 0.717) is 10.8 Å². The lowest BCUT2D eigenvalue weighted by Gasteiger charge is -2.12. The number of thiazole rings is 1. The summed E-state index contributed by atoms with van der Waals surface area (Å²) in [5.74, 6) is 0.411. The molecule has 4 nitrogen and oxygen atoms in total. The van der Waals surface area contributed by atoms with Crippen molar-refractivity contribution in [3.63, 3.8) is 0 Å². The normalized spacial score (nSPS) is 10.9. The molecule has 152 valence electrons. The third kappa shape index (κ3) is 4.32. The number of aromatic nitrogens is 1. The number of benzene rings is 3. The molecule has 4 rings (SSSR count). The zero-order chi connectivity index (χ0) is 21.3. The van der Waals surface area contributed by atoms with Gasteiger partial charge in [-0.1, -0.05) is 35.9 Å². The smallest absolute Gasteiger partial charge is 0.262 e. The fraction of sp³-hybridized carbons (Fsp3) is 0.167. The lowest BCUT2D eigenvalue weighted by atomic mass is 10.1. The van der Waals surface area contributed by atoms with Crippen molar-refractivity contribution in [3.05, 3.63) is 76.3 Å². The van der Waals surface area contributed by atoms with Gasteiger partial charge in [-0.25, -0.2) is 4.98 Å². The van der Waals surface area contributed by atoms with Crippen molar-refractivity contribution in [2.75, 3.05) is 11.9 Å². The van der Waals surface area contributed by atoms with Gasteiger partial charge in [0.1, 0.15) is 10.8 Å². The molecule has 6 heteroatoms. The predicted molar refractivity (Wildman–Crippen MR) is 125 cm³/mol. The highest BCUT2D eigenvalue weighted by molar-refractivity contribution is 7.21. The summed E-state index contributed by atoms with van der Waals surface area (Å²) in [6.07, 6.45) is 0. The predicted octanol–water partition coefficient (Wildman–Crippen LogP) is 6.56. The van der Waals surface area contributed by atoms with E-state index in [4.69, 9.17) is 21.3 Å². The lowest BCUT2D eigenvalue weighted by molar-refractivity contribution is -0.118. The molecule has 0 bridgehead atoms. The minimum absolute atomic E-state index is 0.0781. The fourth-order valence-electron chi connectivity index (χ4n) is 3.21. The number of carbonyl (C=O) groups excluding carboxylic acids is 1. The van der Waals surface area contributed by atoms with E-state index in [2.05, 4.69) is 11.4 Å². The molecule has 0 spiro atoms. The van der Waals surface area contributed by atoms with Gasteiger partial charge in [0.15, 0.2) is 6.61 Å². The Morgan fingerprint density at radius 3 is 2.50 bits per heavy atom. The molecule has 0 fully saturated rings. The fourth-order valence-corrected chi connectivity index (χ4v) is 4.28. The van der Waals surface area contributed by atoms with Crippen LogP contribution in [0.4, 0.5) is 5.69 Å². The van der Waals surface area contributed by atoms with Crippen LogP contribution in [0.2, 0.25) is 5.02 Å². The van der Waals surface area contributed by atoms with Crippen molar-refractivity contribution in [3.8, 4) is 16.3 Å². The molecule has 0 atom stereocenters. The molecule has 1 heterocycles. The molecule has 0 aliphatic carbocycles. The topological polar surface area (TPSA) is 51.2 Å². The minimum Gasteiger partial charge on any atom is -0.484 e. The number of hydrogen-bond donors (Lipinski definition) is 1. The minimum atomic E-state index is -0.218. The van der Waals surface area contributed by atoms with Crippen LogP contribution in [-0.4, -0.2) is 17.5 Å². The van der Waals surface area contributed by atoms with Crippen LogP contribution >= 0.6 is 22.9 Å². The van der Waals surface area contributed by atoms with Crippen LogP contribution in [0, 0.1) is 20.8 Å². The molecule has 0 aliphatic rings. The Bertz CT molecular complexity index is 1190. The van der Waals surface area contributed by atoms with Crippen LogP contribution in [0.1, 0.15) is 16.7 Å². The molecule has 1 N–H and O–H groups in total. The van der Waals surface area contributed by atoms with Gasteiger partial charge in [-0.3, -0.25) is 4.79 Å². The molecule has 3 aromatic carbocycles. The Kier molecular flexibility index (Phi) is 5.75. The van der Waals surface area contributed by atoms with Crippen LogP contribution < -0.4 is 10.1 Å². The van der Waals surface area contributed by atoms with Crippen molar-refractivity contribution in [2.24, 2.45) is 0 Å². The molecule has 0 saturated carbocycles. The first-order valence-corrected chi connectivity index (χ1v) is 10.8. The second-order valence-corrected chi connectivity index (χ2v) is 8.63. The molecule has 0 radical (unpaired) electrons. The number of hydrogen-bond acceptors (Lipinski definition) is 4. The van der Waals surface area contributed by atoms with Gasteiger partial charge in [0.05, 0.1) is 10.2 Å². The van der Waals surface area contributed by atoms with E-state index in [1.165, 1.54) is 0 Å². The van der Waals surface area contributed by atoms with Gasteiger partial charge in [0.25, 0.3) is 5.91 Å². The van der Waals surface area contributed by atoms with Gasteiger partial charge < -0.3 is 10.1 Å². The Labute approximate surface area is 184 Å². The summed E-state index contributed by atoms with van der Waals surface area (Å²) in [5, 5.41) is 4.59. The van der Waals surface area contributed by atoms with Crippen LogP contribution in [0.5, 0.6) is 5.75 Å². The standard InChI is InChI=1S/C24H21ClN2O2S/c1-14-8-9-17(24-27-19-6-4-5-7-21(19)30-24)12-20(14)26-22(28)13-29-18-10-15(2)23(25)16(3)11-18/h4-12H,13H2,1-3H3,(H,26,28). The Morgan fingerprint density at radius 1 is 1.03 bits per heavy atom. The van der Waals surface area contributed by atoms with Crippen LogP contribution in [-0.2, 0) is 4.79 Å². The maximum Gasteiger partial charge on any atom is 0.262 e. The monoisotopic (exact) mass is 436 g/mol. The Balaban J connectivity index is 1.49. The average Bonchev–Trinajstić information content (AvgIpc) is 3.16. The van der Waals surface area contributed by atoms with E-state index in [1.807, 2.05) is 69.3 Å². The molecular formula is C24H21ClN2O2S. The van der Waals surface area contributed by atoms with Crippen LogP contribution in [0.15, 0.2) is 54.6 Å². The van der Waals surface area contributed by atoms with Crippen molar-refractivity contribution in [2.45, 2.75) is 20.8 Å². The Morgan fingerprint density at radius 2 is 1.77 bits per heavy atom. The van der Waals surface area contributed by atoms with Gasteiger partial charge >= 0.3 is 0 Å². The number of rotatable bonds is 5. The molecule has 4 aromatic rings. The molecule has 30 heavy (non-hydrogen) atoms. The summed E-state index contributed by atoms with van der Waals surface area (Å²) in [6.45, 7) is 5.72. The molecule has 1 aromatic heterocycles. The number of para-hydroxylation sites is 1. The number of aryl methyl sites for hydroxylation is 3. The number of halogens is 1. The first-order valence-electron chi connectivity index (χ1n) is 9.57. The van der Waals surface area contributed by atoms with Crippen molar-refractivity contribution < 1.29 is 9.53 Å². The quantitative estimate of drug-likeness (QED) is 0.385. The molecular weight excluding hydrogens is 416 g/mol. The summed E-state index contributed by atoms with van der Waals surface area (Å²) in [4.78, 5) is 17.2. The summed E-state index contributed by atoms with van der Waals surface area (Å²) in [5.41, 5.74) is 5.53. The van der Waals surface area contributed by atoms with Gasteiger partial charge in [0.2, 0.25) is 0 Å². The van der Waals surface area contributed by atoms with Gasteiger partial charge in [-0.05, 0) is 67.8 Å². The zero-order valence-electron chi connectivity index (χ0n) is 17.0.